The van der Waals surface area contributed by atoms with Gasteiger partial charge in [0.2, 0.25) is 0 Å². The molecule has 1 aliphatic rings. The molecule has 3 nitrogen and oxygen atoms in total. The van der Waals surface area contributed by atoms with Crippen molar-refractivity contribution in [1.82, 2.24) is 0 Å². The summed E-state index contributed by atoms with van der Waals surface area (Å²) in [5.41, 5.74) is 1.63. The van der Waals surface area contributed by atoms with Gasteiger partial charge < -0.3 is 10.1 Å². The fourth-order valence-electron chi connectivity index (χ4n) is 2.87. The normalized spacial score (nSPS) is 15.8. The van der Waals surface area contributed by atoms with Crippen molar-refractivity contribution >= 4 is 11.7 Å². The number of nitrogens with one attached hydrogen (secondary N) is 1. The van der Waals surface area contributed by atoms with Crippen molar-refractivity contribution in [1.29, 1.82) is 0 Å². The van der Waals surface area contributed by atoms with Crippen molar-refractivity contribution in [2.75, 3.05) is 18.5 Å². The fourth-order valence-corrected chi connectivity index (χ4v) is 2.87. The summed E-state index contributed by atoms with van der Waals surface area (Å²) in [6.45, 7) is 3.22. The molecule has 110 valence electrons. The Balaban J connectivity index is 1.80. The van der Waals surface area contributed by atoms with Crippen LogP contribution in [0.2, 0.25) is 0 Å². The number of anilines is 1. The summed E-state index contributed by atoms with van der Waals surface area (Å²) in [7, 11) is 0. The predicted octanol–water partition coefficient (Wildman–Crippen LogP) is 4.25. The number of benzene rings is 1. The van der Waals surface area contributed by atoms with Gasteiger partial charge in [-0.05, 0) is 37.5 Å². The Bertz CT molecular complexity index is 425. The van der Waals surface area contributed by atoms with Gasteiger partial charge in [-0.1, -0.05) is 38.2 Å². The zero-order valence-electron chi connectivity index (χ0n) is 12.4. The van der Waals surface area contributed by atoms with Gasteiger partial charge in [-0.3, -0.25) is 0 Å². The van der Waals surface area contributed by atoms with E-state index >= 15 is 0 Å². The van der Waals surface area contributed by atoms with Crippen LogP contribution in [0.5, 0.6) is 0 Å². The van der Waals surface area contributed by atoms with Gasteiger partial charge in [0.1, 0.15) is 0 Å². The molecule has 0 heterocycles. The monoisotopic (exact) mass is 275 g/mol. The van der Waals surface area contributed by atoms with Crippen molar-refractivity contribution in [2.24, 2.45) is 5.92 Å². The summed E-state index contributed by atoms with van der Waals surface area (Å²) >= 11 is 0. The largest absolute Gasteiger partial charge is 0.462 e. The Morgan fingerprint density at radius 1 is 1.30 bits per heavy atom. The molecule has 0 radical (unpaired) electrons. The lowest BCUT2D eigenvalue weighted by Gasteiger charge is -2.21. The summed E-state index contributed by atoms with van der Waals surface area (Å²) in [4.78, 5) is 11.7. The number of ether oxygens (including phenoxy) is 1. The molecule has 1 aliphatic carbocycles. The van der Waals surface area contributed by atoms with Crippen molar-refractivity contribution in [3.8, 4) is 0 Å². The van der Waals surface area contributed by atoms with E-state index in [4.69, 9.17) is 4.74 Å². The molecule has 0 spiro atoms. The number of esters is 1. The zero-order chi connectivity index (χ0) is 14.2. The van der Waals surface area contributed by atoms with Crippen molar-refractivity contribution in [2.45, 2.75) is 45.4 Å². The van der Waals surface area contributed by atoms with Crippen LogP contribution in [0.25, 0.3) is 0 Å². The van der Waals surface area contributed by atoms with Gasteiger partial charge in [0.15, 0.2) is 0 Å². The predicted molar refractivity (Wildman–Crippen MR) is 82.1 cm³/mol. The minimum atomic E-state index is -0.247. The molecule has 0 unspecified atom stereocenters. The van der Waals surface area contributed by atoms with Crippen molar-refractivity contribution in [3.63, 3.8) is 0 Å². The number of rotatable bonds is 6. The molecule has 0 saturated heterocycles. The van der Waals surface area contributed by atoms with E-state index in [1.165, 1.54) is 38.5 Å². The van der Waals surface area contributed by atoms with Crippen LogP contribution in [-0.2, 0) is 4.74 Å². The molecule has 1 aromatic rings. The molecule has 1 aromatic carbocycles. The van der Waals surface area contributed by atoms with Crippen LogP contribution in [0.1, 0.15) is 55.8 Å². The smallest absolute Gasteiger partial charge is 0.338 e. The molecule has 1 saturated carbocycles. The molecule has 0 amide bonds. The first-order chi connectivity index (χ1) is 9.79. The minimum Gasteiger partial charge on any atom is -0.462 e. The van der Waals surface area contributed by atoms with E-state index in [0.29, 0.717) is 12.2 Å². The van der Waals surface area contributed by atoms with E-state index < -0.39 is 0 Å². The first-order valence-corrected chi connectivity index (χ1v) is 7.80. The molecule has 2 rings (SSSR count). The first kappa shape index (κ1) is 14.9. The molecule has 3 heteroatoms. The Labute approximate surface area is 121 Å². The third-order valence-electron chi connectivity index (χ3n) is 3.98. The average Bonchev–Trinajstić information content (AvgIpc) is 2.49. The van der Waals surface area contributed by atoms with Gasteiger partial charge in [-0.15, -0.1) is 0 Å². The van der Waals surface area contributed by atoms with E-state index in [-0.39, 0.29) is 5.97 Å². The standard InChI is InChI=1S/C17H25NO2/c1-2-20-17(19)15-9-6-10-16(13-15)18-12-11-14-7-4-3-5-8-14/h6,9-10,13-14,18H,2-5,7-8,11-12H2,1H3. The fraction of sp³-hybridized carbons (Fsp3) is 0.588. The molecular formula is C17H25NO2. The SMILES string of the molecule is CCOC(=O)c1cccc(NCCC2CCCCC2)c1. The van der Waals surface area contributed by atoms with Crippen molar-refractivity contribution < 1.29 is 9.53 Å². The van der Waals surface area contributed by atoms with Crippen LogP contribution in [0.4, 0.5) is 5.69 Å². The van der Waals surface area contributed by atoms with Crippen LogP contribution in [0.15, 0.2) is 24.3 Å². The topological polar surface area (TPSA) is 38.3 Å². The average molecular weight is 275 g/mol. The highest BCUT2D eigenvalue weighted by Crippen LogP contribution is 2.26. The van der Waals surface area contributed by atoms with Gasteiger partial charge in [0.05, 0.1) is 12.2 Å². The lowest BCUT2D eigenvalue weighted by atomic mass is 9.87. The van der Waals surface area contributed by atoms with E-state index in [9.17, 15) is 4.79 Å². The maximum Gasteiger partial charge on any atom is 0.338 e. The third kappa shape index (κ3) is 4.55. The second-order valence-corrected chi connectivity index (χ2v) is 5.52. The van der Waals surface area contributed by atoms with E-state index in [0.717, 1.165) is 18.2 Å². The van der Waals surface area contributed by atoms with Gasteiger partial charge in [0.25, 0.3) is 0 Å². The molecule has 1 N–H and O–H groups in total. The van der Waals surface area contributed by atoms with E-state index in [2.05, 4.69) is 5.32 Å². The van der Waals surface area contributed by atoms with E-state index in [1.54, 1.807) is 6.07 Å². The Morgan fingerprint density at radius 2 is 2.10 bits per heavy atom. The highest BCUT2D eigenvalue weighted by Gasteiger charge is 2.12. The van der Waals surface area contributed by atoms with Crippen LogP contribution in [-0.4, -0.2) is 19.1 Å². The van der Waals surface area contributed by atoms with E-state index in [1.807, 2.05) is 25.1 Å². The van der Waals surface area contributed by atoms with Crippen LogP contribution >= 0.6 is 0 Å². The minimum absolute atomic E-state index is 0.247. The molecular weight excluding hydrogens is 250 g/mol. The molecule has 1 fully saturated rings. The van der Waals surface area contributed by atoms with Gasteiger partial charge in [-0.2, -0.15) is 0 Å². The van der Waals surface area contributed by atoms with Crippen LogP contribution in [0, 0.1) is 5.92 Å². The lowest BCUT2D eigenvalue weighted by Crippen LogP contribution is -2.12. The number of carbonyl (C=O) groups is 1. The molecule has 0 aromatic heterocycles. The molecule has 0 bridgehead atoms. The summed E-state index contributed by atoms with van der Waals surface area (Å²) in [6.07, 6.45) is 8.18. The second kappa shape index (κ2) is 7.93. The maximum absolute atomic E-state index is 11.7. The third-order valence-corrected chi connectivity index (χ3v) is 3.98. The molecule has 20 heavy (non-hydrogen) atoms. The highest BCUT2D eigenvalue weighted by molar-refractivity contribution is 5.90. The number of hydrogen-bond acceptors (Lipinski definition) is 3. The molecule has 0 aliphatic heterocycles. The van der Waals surface area contributed by atoms with Gasteiger partial charge in [0, 0.05) is 12.2 Å². The lowest BCUT2D eigenvalue weighted by molar-refractivity contribution is 0.0526. The number of hydrogen-bond donors (Lipinski definition) is 1. The Hall–Kier alpha value is -1.51. The van der Waals surface area contributed by atoms with Crippen molar-refractivity contribution in [3.05, 3.63) is 29.8 Å². The zero-order valence-corrected chi connectivity index (χ0v) is 12.4. The summed E-state index contributed by atoms with van der Waals surface area (Å²) in [5.74, 6) is 0.632. The Morgan fingerprint density at radius 3 is 2.85 bits per heavy atom. The second-order valence-electron chi connectivity index (χ2n) is 5.52. The Kier molecular flexibility index (Phi) is 5.90. The number of carbonyl (C=O) groups excluding carboxylic acids is 1. The quantitative estimate of drug-likeness (QED) is 0.789. The summed E-state index contributed by atoms with van der Waals surface area (Å²) in [6, 6.07) is 7.57. The van der Waals surface area contributed by atoms with Gasteiger partial charge in [-0.25, -0.2) is 4.79 Å². The van der Waals surface area contributed by atoms with Gasteiger partial charge >= 0.3 is 5.97 Å². The maximum atomic E-state index is 11.7. The van der Waals surface area contributed by atoms with Crippen LogP contribution < -0.4 is 5.32 Å². The molecule has 0 atom stereocenters. The highest BCUT2D eigenvalue weighted by atomic mass is 16.5. The van der Waals surface area contributed by atoms with Crippen LogP contribution in [0.3, 0.4) is 0 Å². The summed E-state index contributed by atoms with van der Waals surface area (Å²) in [5, 5.41) is 3.42. The first-order valence-electron chi connectivity index (χ1n) is 7.80. The summed E-state index contributed by atoms with van der Waals surface area (Å²) < 4.78 is 5.02.